The number of para-hydroxylation sites is 2. The highest BCUT2D eigenvalue weighted by Crippen LogP contribution is 2.22. The summed E-state index contributed by atoms with van der Waals surface area (Å²) < 4.78 is 16.3. The van der Waals surface area contributed by atoms with Gasteiger partial charge in [-0.2, -0.15) is 0 Å². The fourth-order valence-corrected chi connectivity index (χ4v) is 2.86. The standard InChI is InChI=1S/C25H26N2O5/c1-25(24(29)30-2,18-31-20-9-5-3-6-10-20)26-17-23(28)27-19-13-15-22(16-14-19)32-21-11-7-4-8-12-21/h3-16,26H,17-18H2,1-2H3,(H,27,28). The molecule has 0 aliphatic heterocycles. The predicted octanol–water partition coefficient (Wildman–Crippen LogP) is 4.02. The van der Waals surface area contributed by atoms with Crippen molar-refractivity contribution in [3.63, 3.8) is 0 Å². The monoisotopic (exact) mass is 434 g/mol. The Hall–Kier alpha value is -3.84. The molecule has 0 saturated heterocycles. The van der Waals surface area contributed by atoms with E-state index in [0.717, 1.165) is 5.75 Å². The van der Waals surface area contributed by atoms with Crippen molar-refractivity contribution in [1.82, 2.24) is 5.32 Å². The first-order chi connectivity index (χ1) is 15.5. The van der Waals surface area contributed by atoms with Crippen molar-refractivity contribution >= 4 is 17.6 Å². The fourth-order valence-electron chi connectivity index (χ4n) is 2.86. The van der Waals surface area contributed by atoms with Crippen molar-refractivity contribution in [2.24, 2.45) is 0 Å². The highest BCUT2D eigenvalue weighted by molar-refractivity contribution is 5.93. The number of anilines is 1. The molecule has 0 aromatic heterocycles. The van der Waals surface area contributed by atoms with Crippen LogP contribution in [0.2, 0.25) is 0 Å². The summed E-state index contributed by atoms with van der Waals surface area (Å²) in [6.07, 6.45) is 0. The molecule has 0 spiro atoms. The average molecular weight is 434 g/mol. The van der Waals surface area contributed by atoms with Gasteiger partial charge in [-0.1, -0.05) is 36.4 Å². The molecule has 2 N–H and O–H groups in total. The first-order valence-electron chi connectivity index (χ1n) is 10.1. The van der Waals surface area contributed by atoms with Crippen molar-refractivity contribution in [3.05, 3.63) is 84.9 Å². The molecule has 1 unspecified atom stereocenters. The van der Waals surface area contributed by atoms with Crippen LogP contribution in [0.4, 0.5) is 5.69 Å². The molecule has 3 rings (SSSR count). The number of benzene rings is 3. The van der Waals surface area contributed by atoms with Crippen LogP contribution in [-0.4, -0.2) is 37.7 Å². The van der Waals surface area contributed by atoms with Crippen molar-refractivity contribution in [1.29, 1.82) is 0 Å². The normalized spacial score (nSPS) is 12.3. The highest BCUT2D eigenvalue weighted by atomic mass is 16.5. The minimum Gasteiger partial charge on any atom is -0.491 e. The SMILES string of the molecule is COC(=O)C(C)(COc1ccccc1)NCC(=O)Nc1ccc(Oc2ccccc2)cc1. The first kappa shape index (κ1) is 22.8. The molecular formula is C25H26N2O5. The molecule has 0 saturated carbocycles. The van der Waals surface area contributed by atoms with Gasteiger partial charge in [0.15, 0.2) is 0 Å². The first-order valence-corrected chi connectivity index (χ1v) is 10.1. The minimum atomic E-state index is -1.20. The van der Waals surface area contributed by atoms with Crippen molar-refractivity contribution in [3.8, 4) is 17.2 Å². The van der Waals surface area contributed by atoms with Crippen molar-refractivity contribution in [2.45, 2.75) is 12.5 Å². The molecule has 7 heteroatoms. The Labute approximate surface area is 187 Å². The second kappa shape index (κ2) is 11.0. The molecule has 3 aromatic carbocycles. The summed E-state index contributed by atoms with van der Waals surface area (Å²) in [5, 5.41) is 5.73. The zero-order chi connectivity index (χ0) is 22.8. The van der Waals surface area contributed by atoms with E-state index >= 15 is 0 Å². The molecular weight excluding hydrogens is 408 g/mol. The number of amides is 1. The lowest BCUT2D eigenvalue weighted by molar-refractivity contribution is -0.149. The maximum Gasteiger partial charge on any atom is 0.329 e. The van der Waals surface area contributed by atoms with Crippen LogP contribution in [0.5, 0.6) is 17.2 Å². The Morgan fingerprint density at radius 1 is 0.812 bits per heavy atom. The largest absolute Gasteiger partial charge is 0.491 e. The van der Waals surface area contributed by atoms with Gasteiger partial charge in [0.1, 0.15) is 29.4 Å². The third-order valence-electron chi connectivity index (χ3n) is 4.66. The molecule has 1 amide bonds. The number of hydrogen-bond donors (Lipinski definition) is 2. The summed E-state index contributed by atoms with van der Waals surface area (Å²) in [4.78, 5) is 24.7. The van der Waals surface area contributed by atoms with Gasteiger partial charge in [-0.3, -0.25) is 10.1 Å². The van der Waals surface area contributed by atoms with Crippen LogP contribution in [-0.2, 0) is 14.3 Å². The van der Waals surface area contributed by atoms with Crippen molar-refractivity contribution < 1.29 is 23.8 Å². The zero-order valence-electron chi connectivity index (χ0n) is 18.0. The van der Waals surface area contributed by atoms with Gasteiger partial charge in [-0.15, -0.1) is 0 Å². The molecule has 3 aromatic rings. The number of hydrogen-bond acceptors (Lipinski definition) is 6. The molecule has 0 heterocycles. The van der Waals surface area contributed by atoms with Crippen LogP contribution < -0.4 is 20.1 Å². The van der Waals surface area contributed by atoms with Gasteiger partial charge in [-0.05, 0) is 55.5 Å². The van der Waals surface area contributed by atoms with Crippen LogP contribution in [0, 0.1) is 0 Å². The van der Waals surface area contributed by atoms with E-state index in [-0.39, 0.29) is 19.1 Å². The summed E-state index contributed by atoms with van der Waals surface area (Å²) in [7, 11) is 1.30. The summed E-state index contributed by atoms with van der Waals surface area (Å²) in [5.74, 6) is 1.17. The van der Waals surface area contributed by atoms with Gasteiger partial charge < -0.3 is 19.5 Å². The number of ether oxygens (including phenoxy) is 3. The number of nitrogens with one attached hydrogen (secondary N) is 2. The van der Waals surface area contributed by atoms with Crippen LogP contribution in [0.25, 0.3) is 0 Å². The van der Waals surface area contributed by atoms with Gasteiger partial charge in [0, 0.05) is 5.69 Å². The average Bonchev–Trinajstić information content (AvgIpc) is 2.83. The van der Waals surface area contributed by atoms with E-state index in [9.17, 15) is 9.59 Å². The van der Waals surface area contributed by atoms with E-state index in [2.05, 4.69) is 10.6 Å². The lowest BCUT2D eigenvalue weighted by atomic mass is 10.0. The van der Waals surface area contributed by atoms with Crippen LogP contribution >= 0.6 is 0 Å². The topological polar surface area (TPSA) is 85.9 Å². The minimum absolute atomic E-state index is 0.00247. The zero-order valence-corrected chi connectivity index (χ0v) is 18.0. The quantitative estimate of drug-likeness (QED) is 0.469. The molecule has 0 aliphatic rings. The lowest BCUT2D eigenvalue weighted by Crippen LogP contribution is -2.56. The van der Waals surface area contributed by atoms with E-state index < -0.39 is 11.5 Å². The van der Waals surface area contributed by atoms with E-state index in [1.54, 1.807) is 43.3 Å². The van der Waals surface area contributed by atoms with Crippen molar-refractivity contribution in [2.75, 3.05) is 25.6 Å². The lowest BCUT2D eigenvalue weighted by Gasteiger charge is -2.27. The third-order valence-corrected chi connectivity index (χ3v) is 4.66. The van der Waals surface area contributed by atoms with E-state index in [1.165, 1.54) is 7.11 Å². The number of rotatable bonds is 10. The molecule has 32 heavy (non-hydrogen) atoms. The number of carbonyl (C=O) groups excluding carboxylic acids is 2. The Morgan fingerprint density at radius 2 is 1.38 bits per heavy atom. The van der Waals surface area contributed by atoms with E-state index in [4.69, 9.17) is 14.2 Å². The summed E-state index contributed by atoms with van der Waals surface area (Å²) in [5.41, 5.74) is -0.590. The molecule has 0 fully saturated rings. The predicted molar refractivity (Wildman–Crippen MR) is 122 cm³/mol. The van der Waals surface area contributed by atoms with Gasteiger partial charge in [0.2, 0.25) is 5.91 Å². The van der Waals surface area contributed by atoms with Crippen LogP contribution in [0.15, 0.2) is 84.9 Å². The van der Waals surface area contributed by atoms with Crippen LogP contribution in [0.3, 0.4) is 0 Å². The molecule has 0 bridgehead atoms. The Bertz CT molecular complexity index is 1010. The second-order valence-corrected chi connectivity index (χ2v) is 7.27. The number of carbonyl (C=O) groups is 2. The van der Waals surface area contributed by atoms with Crippen LogP contribution in [0.1, 0.15) is 6.92 Å². The summed E-state index contributed by atoms with van der Waals surface area (Å²) in [6.45, 7) is 1.53. The Morgan fingerprint density at radius 3 is 1.97 bits per heavy atom. The van der Waals surface area contributed by atoms with Gasteiger partial charge in [-0.25, -0.2) is 4.79 Å². The molecule has 166 valence electrons. The smallest absolute Gasteiger partial charge is 0.329 e. The maximum absolute atomic E-state index is 12.4. The molecule has 7 nitrogen and oxygen atoms in total. The number of esters is 1. The van der Waals surface area contributed by atoms with E-state index in [0.29, 0.717) is 17.2 Å². The second-order valence-electron chi connectivity index (χ2n) is 7.27. The molecule has 1 atom stereocenters. The molecule has 0 aliphatic carbocycles. The Kier molecular flexibility index (Phi) is 7.83. The maximum atomic E-state index is 12.4. The molecule has 0 radical (unpaired) electrons. The summed E-state index contributed by atoms with van der Waals surface area (Å²) in [6, 6.07) is 25.6. The Balaban J connectivity index is 1.53. The number of methoxy groups -OCH3 is 1. The summed E-state index contributed by atoms with van der Waals surface area (Å²) >= 11 is 0. The van der Waals surface area contributed by atoms with Gasteiger partial charge in [0.05, 0.1) is 13.7 Å². The third kappa shape index (κ3) is 6.58. The van der Waals surface area contributed by atoms with Gasteiger partial charge >= 0.3 is 5.97 Å². The highest BCUT2D eigenvalue weighted by Gasteiger charge is 2.35. The fraction of sp³-hybridized carbons (Fsp3) is 0.200. The van der Waals surface area contributed by atoms with E-state index in [1.807, 2.05) is 48.5 Å². The van der Waals surface area contributed by atoms with Gasteiger partial charge in [0.25, 0.3) is 0 Å².